The van der Waals surface area contributed by atoms with E-state index in [1.54, 1.807) is 24.3 Å². The highest BCUT2D eigenvalue weighted by Crippen LogP contribution is 2.34. The molecule has 0 saturated carbocycles. The maximum atomic E-state index is 9.99. The number of benzene rings is 4. The number of phenols is 2. The van der Waals surface area contributed by atoms with Crippen LogP contribution in [0.25, 0.3) is 21.9 Å². The first-order valence-corrected chi connectivity index (χ1v) is 12.8. The molecular formula is C32H33NO3. The van der Waals surface area contributed by atoms with Gasteiger partial charge in [-0.1, -0.05) is 55.5 Å². The lowest BCUT2D eigenvalue weighted by Gasteiger charge is -2.20. The quantitative estimate of drug-likeness (QED) is 0.279. The van der Waals surface area contributed by atoms with Crippen molar-refractivity contribution in [1.29, 1.82) is 0 Å². The van der Waals surface area contributed by atoms with E-state index in [4.69, 9.17) is 4.74 Å². The van der Waals surface area contributed by atoms with Crippen molar-refractivity contribution < 1.29 is 14.9 Å². The molecule has 0 radical (unpaired) electrons. The second-order valence-electron chi connectivity index (χ2n) is 9.41. The summed E-state index contributed by atoms with van der Waals surface area (Å²) in [6.07, 6.45) is 6.59. The van der Waals surface area contributed by atoms with E-state index in [0.29, 0.717) is 6.61 Å². The Labute approximate surface area is 213 Å². The Morgan fingerprint density at radius 3 is 2.44 bits per heavy atom. The van der Waals surface area contributed by atoms with Crippen molar-refractivity contribution in [2.24, 2.45) is 0 Å². The fraction of sp³-hybridized carbons (Fsp3) is 0.250. The van der Waals surface area contributed by atoms with E-state index < -0.39 is 0 Å². The van der Waals surface area contributed by atoms with Crippen molar-refractivity contribution in [3.05, 3.63) is 102 Å². The summed E-state index contributed by atoms with van der Waals surface area (Å²) in [5.41, 5.74) is 6.02. The van der Waals surface area contributed by atoms with Gasteiger partial charge in [-0.3, -0.25) is 0 Å². The van der Waals surface area contributed by atoms with Crippen LogP contribution in [0.4, 0.5) is 0 Å². The SMILES string of the molecule is CC/C=C1\CCCN1CCOc1ccc(Cc2c(-c3ccc(O)cc3)ccc3cc(O)ccc23)cc1. The molecule has 1 heterocycles. The Morgan fingerprint density at radius 2 is 1.67 bits per heavy atom. The number of allylic oxidation sites excluding steroid dienone is 2. The summed E-state index contributed by atoms with van der Waals surface area (Å²) in [4.78, 5) is 2.45. The van der Waals surface area contributed by atoms with Crippen LogP contribution in [-0.4, -0.2) is 34.8 Å². The molecule has 0 aromatic heterocycles. The third kappa shape index (κ3) is 5.33. The Balaban J connectivity index is 1.34. The fourth-order valence-corrected chi connectivity index (χ4v) is 5.14. The molecule has 4 aromatic rings. The van der Waals surface area contributed by atoms with Crippen LogP contribution in [0.3, 0.4) is 0 Å². The van der Waals surface area contributed by atoms with Crippen molar-refractivity contribution in [2.45, 2.75) is 32.6 Å². The second-order valence-corrected chi connectivity index (χ2v) is 9.41. The average molecular weight is 480 g/mol. The zero-order chi connectivity index (χ0) is 24.9. The topological polar surface area (TPSA) is 52.9 Å². The highest BCUT2D eigenvalue weighted by molar-refractivity contribution is 5.93. The molecule has 1 fully saturated rings. The minimum absolute atomic E-state index is 0.254. The first-order valence-electron chi connectivity index (χ1n) is 12.8. The lowest BCUT2D eigenvalue weighted by Crippen LogP contribution is -2.24. The monoisotopic (exact) mass is 479 g/mol. The largest absolute Gasteiger partial charge is 0.508 e. The Morgan fingerprint density at radius 1 is 0.889 bits per heavy atom. The van der Waals surface area contributed by atoms with E-state index in [2.05, 4.69) is 48.2 Å². The summed E-state index contributed by atoms with van der Waals surface area (Å²) in [5.74, 6) is 1.41. The smallest absolute Gasteiger partial charge is 0.119 e. The number of hydrogen-bond acceptors (Lipinski definition) is 4. The summed E-state index contributed by atoms with van der Waals surface area (Å²) in [6.45, 7) is 4.92. The predicted molar refractivity (Wildman–Crippen MR) is 147 cm³/mol. The van der Waals surface area contributed by atoms with E-state index in [0.717, 1.165) is 53.6 Å². The molecule has 1 aliphatic heterocycles. The number of hydrogen-bond donors (Lipinski definition) is 2. The molecule has 4 heteroatoms. The molecule has 4 aromatic carbocycles. The highest BCUT2D eigenvalue weighted by atomic mass is 16.5. The van der Waals surface area contributed by atoms with Gasteiger partial charge in [0.25, 0.3) is 0 Å². The minimum Gasteiger partial charge on any atom is -0.508 e. The third-order valence-electron chi connectivity index (χ3n) is 6.93. The van der Waals surface area contributed by atoms with E-state index in [1.807, 2.05) is 24.3 Å². The zero-order valence-electron chi connectivity index (χ0n) is 20.8. The van der Waals surface area contributed by atoms with Gasteiger partial charge in [0, 0.05) is 12.2 Å². The van der Waals surface area contributed by atoms with Gasteiger partial charge in [-0.2, -0.15) is 0 Å². The number of aromatic hydroxyl groups is 2. The molecular weight excluding hydrogens is 446 g/mol. The van der Waals surface area contributed by atoms with Gasteiger partial charge in [0.05, 0.1) is 6.54 Å². The first kappa shape index (κ1) is 23.8. The van der Waals surface area contributed by atoms with Crippen LogP contribution in [0.1, 0.15) is 37.3 Å². The van der Waals surface area contributed by atoms with E-state index in [1.165, 1.54) is 29.7 Å². The molecule has 36 heavy (non-hydrogen) atoms. The molecule has 0 aliphatic carbocycles. The molecule has 2 N–H and O–H groups in total. The van der Waals surface area contributed by atoms with Gasteiger partial charge < -0.3 is 19.8 Å². The van der Waals surface area contributed by atoms with Crippen LogP contribution in [0, 0.1) is 0 Å². The lowest BCUT2D eigenvalue weighted by atomic mass is 9.90. The number of nitrogens with zero attached hydrogens (tertiary/aromatic N) is 1. The van der Waals surface area contributed by atoms with Gasteiger partial charge in [0.15, 0.2) is 0 Å². The van der Waals surface area contributed by atoms with Gasteiger partial charge in [0.1, 0.15) is 23.9 Å². The fourth-order valence-electron chi connectivity index (χ4n) is 5.14. The van der Waals surface area contributed by atoms with Crippen LogP contribution in [0.15, 0.2) is 90.6 Å². The summed E-state index contributed by atoms with van der Waals surface area (Å²) < 4.78 is 6.07. The number of likely N-dealkylation sites (tertiary alicyclic amines) is 1. The molecule has 5 rings (SSSR count). The van der Waals surface area contributed by atoms with Gasteiger partial charge in [-0.05, 0) is 95.1 Å². The van der Waals surface area contributed by atoms with Crippen LogP contribution < -0.4 is 4.74 Å². The molecule has 4 nitrogen and oxygen atoms in total. The molecule has 1 aliphatic rings. The third-order valence-corrected chi connectivity index (χ3v) is 6.93. The van der Waals surface area contributed by atoms with E-state index in [-0.39, 0.29) is 11.5 Å². The van der Waals surface area contributed by atoms with E-state index in [9.17, 15) is 10.2 Å². The second kappa shape index (κ2) is 10.8. The molecule has 184 valence electrons. The number of ether oxygens (including phenoxy) is 1. The van der Waals surface area contributed by atoms with Crippen LogP contribution >= 0.6 is 0 Å². The molecule has 0 unspecified atom stereocenters. The zero-order valence-corrected chi connectivity index (χ0v) is 20.8. The Kier molecular flexibility index (Phi) is 7.13. The van der Waals surface area contributed by atoms with Gasteiger partial charge in [-0.15, -0.1) is 0 Å². The average Bonchev–Trinajstić information content (AvgIpc) is 3.33. The lowest BCUT2D eigenvalue weighted by molar-refractivity contribution is 0.257. The Hall–Kier alpha value is -3.92. The molecule has 0 amide bonds. The van der Waals surface area contributed by atoms with Crippen molar-refractivity contribution >= 4 is 10.8 Å². The molecule has 0 spiro atoms. The Bertz CT molecular complexity index is 1360. The maximum absolute atomic E-state index is 9.99. The maximum Gasteiger partial charge on any atom is 0.119 e. The van der Waals surface area contributed by atoms with Gasteiger partial charge in [-0.25, -0.2) is 0 Å². The van der Waals surface area contributed by atoms with E-state index >= 15 is 0 Å². The number of fused-ring (bicyclic) bond motifs is 1. The highest BCUT2D eigenvalue weighted by Gasteiger charge is 2.16. The van der Waals surface area contributed by atoms with Crippen molar-refractivity contribution in [3.8, 4) is 28.4 Å². The summed E-state index contributed by atoms with van der Waals surface area (Å²) >= 11 is 0. The molecule has 0 atom stereocenters. The van der Waals surface area contributed by atoms with Crippen molar-refractivity contribution in [1.82, 2.24) is 4.90 Å². The predicted octanol–water partition coefficient (Wildman–Crippen LogP) is 7.28. The van der Waals surface area contributed by atoms with Crippen molar-refractivity contribution in [2.75, 3.05) is 19.7 Å². The first-order chi connectivity index (χ1) is 17.6. The van der Waals surface area contributed by atoms with Gasteiger partial charge in [0.2, 0.25) is 0 Å². The van der Waals surface area contributed by atoms with Crippen LogP contribution in [-0.2, 0) is 6.42 Å². The van der Waals surface area contributed by atoms with Crippen LogP contribution in [0.2, 0.25) is 0 Å². The normalized spacial score (nSPS) is 14.6. The number of phenolic OH excluding ortho intramolecular Hbond substituents is 2. The molecule has 1 saturated heterocycles. The number of rotatable bonds is 8. The standard InChI is InChI=1S/C32H33NO3/c1-2-4-26-5-3-18-33(26)19-20-36-29-14-6-23(7-15-29)21-32-30(24-8-11-27(34)12-9-24)16-10-25-22-28(35)13-17-31(25)32/h4,6-17,22,34-35H,2-3,5,18-21H2,1H3/b26-4+. The summed E-state index contributed by atoms with van der Waals surface area (Å²) in [5, 5.41) is 21.9. The molecule has 0 bridgehead atoms. The van der Waals surface area contributed by atoms with Crippen LogP contribution in [0.5, 0.6) is 17.2 Å². The summed E-state index contributed by atoms with van der Waals surface area (Å²) in [6, 6.07) is 25.4. The summed E-state index contributed by atoms with van der Waals surface area (Å²) in [7, 11) is 0. The minimum atomic E-state index is 0.254. The van der Waals surface area contributed by atoms with Gasteiger partial charge >= 0.3 is 0 Å². The van der Waals surface area contributed by atoms with Crippen molar-refractivity contribution in [3.63, 3.8) is 0 Å².